The van der Waals surface area contributed by atoms with Gasteiger partial charge in [-0.3, -0.25) is 9.98 Å². The molecule has 9 aromatic rings. The summed E-state index contributed by atoms with van der Waals surface area (Å²) in [6.45, 7) is 4.43. The molecule has 2 heteroatoms. The van der Waals surface area contributed by atoms with E-state index in [0.29, 0.717) is 0 Å². The van der Waals surface area contributed by atoms with Crippen molar-refractivity contribution in [2.75, 3.05) is 14.1 Å². The average Bonchev–Trinajstić information content (AvgIpc) is 4.01. The molecule has 13 rings (SSSR count). The van der Waals surface area contributed by atoms with Gasteiger partial charge in [0.15, 0.2) is 0 Å². The van der Waals surface area contributed by atoms with Crippen LogP contribution < -0.4 is 0 Å². The largest absolute Gasteiger partial charge is 0.287 e. The molecular formula is C62H44N2. The quantitative estimate of drug-likeness (QED) is 0.158. The SMILES string of the molecule is CN=C(c1ccc(C(=NC)c2ccc3c(c2)C2(c4ccccc4-3)c3cc(C)ccc3-c3ccc(C)cc32)cc1)c1ccc2c(c1)C1(c3ccccc3-c3ccccc31)c1ccccc1-2. The van der Waals surface area contributed by atoms with E-state index in [9.17, 15) is 0 Å². The second kappa shape index (κ2) is 13.4. The summed E-state index contributed by atoms with van der Waals surface area (Å²) < 4.78 is 0. The summed E-state index contributed by atoms with van der Waals surface area (Å²) in [6, 6.07) is 73.0. The van der Waals surface area contributed by atoms with Crippen LogP contribution in [0.5, 0.6) is 0 Å². The van der Waals surface area contributed by atoms with Crippen LogP contribution in [0.1, 0.15) is 77.9 Å². The molecule has 0 radical (unpaired) electrons. The Morgan fingerprint density at radius 2 is 0.547 bits per heavy atom. The predicted molar refractivity (Wildman–Crippen MR) is 265 cm³/mol. The standard InChI is InChI=1S/C62H44N2/c1-37-21-29-47-48-30-22-38(2)34-56(48)62(55(47)33-37)54-20-12-8-16-46(54)50-32-28-42(36-58(50)62)60(64-4)40-25-23-39(24-26-40)59(63-3)41-27-31-49-45-15-7-11-19-53(45)61(57(49)35-41)51-17-9-5-13-43(51)44-14-6-10-18-52(44)61/h5-36H,1-4H3. The van der Waals surface area contributed by atoms with Crippen molar-refractivity contribution in [3.8, 4) is 44.5 Å². The number of aliphatic imine (C=N–C) groups is 2. The van der Waals surface area contributed by atoms with Crippen LogP contribution in [0, 0.1) is 13.8 Å². The van der Waals surface area contributed by atoms with Crippen molar-refractivity contribution in [1.29, 1.82) is 0 Å². The van der Waals surface area contributed by atoms with Gasteiger partial charge >= 0.3 is 0 Å². The summed E-state index contributed by atoms with van der Waals surface area (Å²) in [6.07, 6.45) is 0. The van der Waals surface area contributed by atoms with E-state index in [0.717, 1.165) is 33.7 Å². The fraction of sp³-hybridized carbons (Fsp3) is 0.0968. The zero-order valence-electron chi connectivity index (χ0n) is 36.4. The smallest absolute Gasteiger partial charge is 0.0725 e. The summed E-state index contributed by atoms with van der Waals surface area (Å²) in [5, 5.41) is 0. The van der Waals surface area contributed by atoms with E-state index in [1.807, 2.05) is 14.1 Å². The van der Waals surface area contributed by atoms with Gasteiger partial charge in [0, 0.05) is 36.3 Å². The maximum atomic E-state index is 5.01. The fourth-order valence-electron chi connectivity index (χ4n) is 12.4. The molecule has 0 atom stereocenters. The van der Waals surface area contributed by atoms with E-state index in [1.165, 1.54) is 100 Å². The van der Waals surface area contributed by atoms with E-state index >= 15 is 0 Å². The van der Waals surface area contributed by atoms with Gasteiger partial charge in [-0.15, -0.1) is 0 Å². The number of aryl methyl sites for hydroxylation is 2. The van der Waals surface area contributed by atoms with Crippen LogP contribution in [0.4, 0.5) is 0 Å². The first kappa shape index (κ1) is 36.9. The third-order valence-electron chi connectivity index (χ3n) is 14.9. The van der Waals surface area contributed by atoms with Crippen LogP contribution in [0.2, 0.25) is 0 Å². The van der Waals surface area contributed by atoms with Crippen LogP contribution >= 0.6 is 0 Å². The molecule has 0 amide bonds. The lowest BCUT2D eigenvalue weighted by Gasteiger charge is -2.31. The van der Waals surface area contributed by atoms with Gasteiger partial charge in [0.1, 0.15) is 0 Å². The van der Waals surface area contributed by atoms with E-state index in [2.05, 4.69) is 208 Å². The van der Waals surface area contributed by atoms with E-state index in [1.54, 1.807) is 0 Å². The van der Waals surface area contributed by atoms with E-state index < -0.39 is 10.8 Å². The zero-order valence-corrected chi connectivity index (χ0v) is 36.4. The van der Waals surface area contributed by atoms with Gasteiger partial charge in [0.25, 0.3) is 0 Å². The normalized spacial score (nSPS) is 15.0. The molecular weight excluding hydrogens is 773 g/mol. The predicted octanol–water partition coefficient (Wildman–Crippen LogP) is 13.9. The minimum Gasteiger partial charge on any atom is -0.287 e. The molecule has 0 unspecified atom stereocenters. The van der Waals surface area contributed by atoms with Crippen LogP contribution in [0.25, 0.3) is 44.5 Å². The van der Waals surface area contributed by atoms with E-state index in [-0.39, 0.29) is 0 Å². The summed E-state index contributed by atoms with van der Waals surface area (Å²) in [5.74, 6) is 0. The molecule has 0 fully saturated rings. The number of benzene rings is 9. The molecule has 9 aromatic carbocycles. The lowest BCUT2D eigenvalue weighted by molar-refractivity contribution is 0.791. The molecule has 0 aliphatic heterocycles. The van der Waals surface area contributed by atoms with Crippen molar-refractivity contribution >= 4 is 11.4 Å². The summed E-state index contributed by atoms with van der Waals surface area (Å²) in [5.41, 5.74) is 29.2. The van der Waals surface area contributed by atoms with Crippen LogP contribution in [0.3, 0.4) is 0 Å². The first-order valence-corrected chi connectivity index (χ1v) is 22.4. The Kier molecular flexibility index (Phi) is 7.74. The highest BCUT2D eigenvalue weighted by Crippen LogP contribution is 2.64. The molecule has 0 saturated heterocycles. The van der Waals surface area contributed by atoms with Gasteiger partial charge in [-0.05, 0) is 115 Å². The number of hydrogen-bond donors (Lipinski definition) is 0. The van der Waals surface area contributed by atoms with E-state index in [4.69, 9.17) is 9.98 Å². The van der Waals surface area contributed by atoms with Crippen molar-refractivity contribution in [1.82, 2.24) is 0 Å². The Labute approximate surface area is 375 Å². The van der Waals surface area contributed by atoms with Gasteiger partial charge in [-0.25, -0.2) is 0 Å². The number of rotatable bonds is 4. The zero-order chi connectivity index (χ0) is 42.9. The molecule has 4 aliphatic rings. The summed E-state index contributed by atoms with van der Waals surface area (Å²) >= 11 is 0. The Morgan fingerprint density at radius 3 is 0.891 bits per heavy atom. The minimum absolute atomic E-state index is 0.402. The van der Waals surface area contributed by atoms with Gasteiger partial charge in [0.2, 0.25) is 0 Å². The van der Waals surface area contributed by atoms with Gasteiger partial charge in [0.05, 0.1) is 22.3 Å². The maximum absolute atomic E-state index is 5.01. The third-order valence-corrected chi connectivity index (χ3v) is 14.9. The average molecular weight is 817 g/mol. The van der Waals surface area contributed by atoms with Gasteiger partial charge < -0.3 is 0 Å². The maximum Gasteiger partial charge on any atom is 0.0725 e. The van der Waals surface area contributed by atoms with Crippen LogP contribution in [0.15, 0.2) is 204 Å². The molecule has 0 aromatic heterocycles. The lowest BCUT2D eigenvalue weighted by atomic mass is 9.70. The summed E-state index contributed by atoms with van der Waals surface area (Å²) in [7, 11) is 3.84. The van der Waals surface area contributed by atoms with Crippen molar-refractivity contribution in [3.63, 3.8) is 0 Å². The van der Waals surface area contributed by atoms with Gasteiger partial charge in [-0.2, -0.15) is 0 Å². The first-order valence-electron chi connectivity index (χ1n) is 22.4. The second-order valence-corrected chi connectivity index (χ2v) is 18.0. The highest BCUT2D eigenvalue weighted by Gasteiger charge is 2.53. The second-order valence-electron chi connectivity index (χ2n) is 18.0. The third kappa shape index (κ3) is 4.65. The lowest BCUT2D eigenvalue weighted by Crippen LogP contribution is -2.26. The molecule has 4 aliphatic carbocycles. The first-order chi connectivity index (χ1) is 31.5. The highest BCUT2D eigenvalue weighted by molar-refractivity contribution is 6.16. The van der Waals surface area contributed by atoms with Crippen LogP contribution in [-0.4, -0.2) is 25.5 Å². The highest BCUT2D eigenvalue weighted by atomic mass is 14.7. The van der Waals surface area contributed by atoms with Crippen molar-refractivity contribution < 1.29 is 0 Å². The number of hydrogen-bond acceptors (Lipinski definition) is 2. The van der Waals surface area contributed by atoms with Crippen LogP contribution in [-0.2, 0) is 10.8 Å². The van der Waals surface area contributed by atoms with Crippen molar-refractivity contribution in [2.45, 2.75) is 24.7 Å². The molecule has 0 heterocycles. The summed E-state index contributed by atoms with van der Waals surface area (Å²) in [4.78, 5) is 10.0. The molecule has 0 saturated carbocycles. The Bertz CT molecular complexity index is 3430. The van der Waals surface area contributed by atoms with Gasteiger partial charge in [-0.1, -0.05) is 193 Å². The number of fused-ring (bicyclic) bond motifs is 20. The molecule has 0 N–H and O–H groups in total. The Hall–Kier alpha value is -7.68. The number of nitrogens with zero attached hydrogens (tertiary/aromatic N) is 2. The monoisotopic (exact) mass is 816 g/mol. The van der Waals surface area contributed by atoms with Crippen molar-refractivity contribution in [3.05, 3.63) is 272 Å². The molecule has 2 nitrogen and oxygen atoms in total. The topological polar surface area (TPSA) is 24.7 Å². The molecule has 0 bridgehead atoms. The van der Waals surface area contributed by atoms with Crippen molar-refractivity contribution in [2.24, 2.45) is 9.98 Å². The fourth-order valence-corrected chi connectivity index (χ4v) is 12.4. The molecule has 302 valence electrons. The molecule has 64 heavy (non-hydrogen) atoms. The Morgan fingerprint density at radius 1 is 0.281 bits per heavy atom. The molecule has 2 spiro atoms. The Balaban J connectivity index is 0.909. The minimum atomic E-state index is -0.418.